The van der Waals surface area contributed by atoms with Crippen molar-refractivity contribution in [1.29, 1.82) is 0 Å². The van der Waals surface area contributed by atoms with Gasteiger partial charge in [-0.3, -0.25) is 9.69 Å². The number of halogens is 3. The van der Waals surface area contributed by atoms with E-state index in [1.54, 1.807) is 35.6 Å². The van der Waals surface area contributed by atoms with Crippen molar-refractivity contribution in [2.24, 2.45) is 5.92 Å². The molecule has 0 unspecified atom stereocenters. The van der Waals surface area contributed by atoms with E-state index in [9.17, 15) is 18.0 Å². The van der Waals surface area contributed by atoms with Gasteiger partial charge in [-0.1, -0.05) is 23.8 Å². The molecule has 1 N–H and O–H groups in total. The molecule has 0 atom stereocenters. The Kier molecular flexibility index (Phi) is 6.66. The molecule has 1 fully saturated rings. The van der Waals surface area contributed by atoms with Gasteiger partial charge in [-0.25, -0.2) is 4.68 Å². The van der Waals surface area contributed by atoms with Gasteiger partial charge in [0, 0.05) is 18.0 Å². The van der Waals surface area contributed by atoms with Crippen molar-refractivity contribution < 1.29 is 18.0 Å². The number of amides is 1. The van der Waals surface area contributed by atoms with Crippen molar-refractivity contribution in [3.8, 4) is 5.69 Å². The van der Waals surface area contributed by atoms with Crippen LogP contribution in [-0.2, 0) is 12.7 Å². The van der Waals surface area contributed by atoms with Gasteiger partial charge in [0.2, 0.25) is 0 Å². The first-order valence-electron chi connectivity index (χ1n) is 10.6. The van der Waals surface area contributed by atoms with E-state index in [2.05, 4.69) is 26.8 Å². The second-order valence-corrected chi connectivity index (χ2v) is 9.19. The number of thiophene rings is 1. The van der Waals surface area contributed by atoms with Crippen LogP contribution in [0.2, 0.25) is 0 Å². The molecule has 3 heterocycles. The summed E-state index contributed by atoms with van der Waals surface area (Å²) in [4.78, 5) is 16.3. The highest BCUT2D eigenvalue weighted by atomic mass is 32.1. The van der Waals surface area contributed by atoms with Gasteiger partial charge in [0.25, 0.3) is 5.91 Å². The summed E-state index contributed by atoms with van der Waals surface area (Å²) in [6.45, 7) is 4.96. The number of carbonyl (C=O) groups is 1. The fourth-order valence-electron chi connectivity index (χ4n) is 3.97. The van der Waals surface area contributed by atoms with Crippen LogP contribution in [0.5, 0.6) is 0 Å². The molecule has 32 heavy (non-hydrogen) atoms. The number of rotatable bonds is 6. The highest BCUT2D eigenvalue weighted by Gasteiger charge is 2.40. The molecule has 0 radical (unpaired) electrons. The minimum Gasteiger partial charge on any atom is -0.352 e. The molecule has 1 aliphatic heterocycles. The monoisotopic (exact) mass is 462 g/mol. The number of piperidine rings is 1. The summed E-state index contributed by atoms with van der Waals surface area (Å²) in [6.07, 6.45) is -1.90. The Morgan fingerprint density at radius 2 is 1.91 bits per heavy atom. The van der Waals surface area contributed by atoms with E-state index in [-0.39, 0.29) is 11.6 Å². The lowest BCUT2D eigenvalue weighted by Gasteiger charge is -2.31. The van der Waals surface area contributed by atoms with Gasteiger partial charge >= 0.3 is 6.18 Å². The van der Waals surface area contributed by atoms with Gasteiger partial charge in [0.05, 0.1) is 17.4 Å². The lowest BCUT2D eigenvalue weighted by atomic mass is 9.96. The normalized spacial score (nSPS) is 15.8. The van der Waals surface area contributed by atoms with Crippen molar-refractivity contribution in [2.45, 2.75) is 32.5 Å². The topological polar surface area (TPSA) is 50.2 Å². The molecule has 3 aromatic rings. The summed E-state index contributed by atoms with van der Waals surface area (Å²) in [6, 6.07) is 10.7. The summed E-state index contributed by atoms with van der Waals surface area (Å²) in [5.41, 5.74) is -0.313. The molecule has 1 saturated heterocycles. The average Bonchev–Trinajstić information content (AvgIpc) is 3.43. The number of hydrogen-bond acceptors (Lipinski definition) is 4. The van der Waals surface area contributed by atoms with Gasteiger partial charge in [-0.15, -0.1) is 11.3 Å². The predicted octanol–water partition coefficient (Wildman–Crippen LogP) is 4.90. The Bertz CT molecular complexity index is 1040. The number of alkyl halides is 3. The summed E-state index contributed by atoms with van der Waals surface area (Å²) < 4.78 is 42.2. The van der Waals surface area contributed by atoms with E-state index in [0.717, 1.165) is 48.9 Å². The molecule has 170 valence electrons. The molecule has 0 spiro atoms. The molecular weight excluding hydrogens is 437 g/mol. The largest absolute Gasteiger partial charge is 0.434 e. The van der Waals surface area contributed by atoms with E-state index in [4.69, 9.17) is 0 Å². The number of aromatic nitrogens is 2. The minimum absolute atomic E-state index is 0.250. The SMILES string of the molecule is Cc1ccc(-n2ncc(C(=O)NCC3CCN(Cc4cccs4)CC3)c2C(F)(F)F)cc1. The summed E-state index contributed by atoms with van der Waals surface area (Å²) >= 11 is 1.73. The lowest BCUT2D eigenvalue weighted by molar-refractivity contribution is -0.143. The van der Waals surface area contributed by atoms with Crippen molar-refractivity contribution in [3.05, 3.63) is 69.7 Å². The number of benzene rings is 1. The highest BCUT2D eigenvalue weighted by Crippen LogP contribution is 2.33. The maximum Gasteiger partial charge on any atom is 0.434 e. The van der Waals surface area contributed by atoms with E-state index >= 15 is 0 Å². The number of aryl methyl sites for hydroxylation is 1. The summed E-state index contributed by atoms with van der Waals surface area (Å²) in [7, 11) is 0. The van der Waals surface area contributed by atoms with Gasteiger partial charge in [0.15, 0.2) is 5.69 Å². The van der Waals surface area contributed by atoms with Crippen LogP contribution in [0.15, 0.2) is 48.0 Å². The first-order chi connectivity index (χ1) is 15.3. The number of likely N-dealkylation sites (tertiary alicyclic amines) is 1. The third-order valence-electron chi connectivity index (χ3n) is 5.78. The third-order valence-corrected chi connectivity index (χ3v) is 6.64. The van der Waals surface area contributed by atoms with Crippen LogP contribution in [0.3, 0.4) is 0 Å². The molecule has 5 nitrogen and oxygen atoms in total. The Hall–Kier alpha value is -2.65. The number of carbonyl (C=O) groups excluding carboxylic acids is 1. The molecular formula is C23H25F3N4OS. The second kappa shape index (κ2) is 9.46. The Labute approximate surface area is 188 Å². The average molecular weight is 463 g/mol. The number of nitrogens with one attached hydrogen (secondary N) is 1. The lowest BCUT2D eigenvalue weighted by Crippen LogP contribution is -2.38. The predicted molar refractivity (Wildman–Crippen MR) is 118 cm³/mol. The maximum absolute atomic E-state index is 13.8. The van der Waals surface area contributed by atoms with Crippen molar-refractivity contribution in [3.63, 3.8) is 0 Å². The molecule has 2 aromatic heterocycles. The Morgan fingerprint density at radius 3 is 2.53 bits per heavy atom. The quantitative estimate of drug-likeness (QED) is 0.567. The van der Waals surface area contributed by atoms with Crippen LogP contribution >= 0.6 is 11.3 Å². The zero-order chi connectivity index (χ0) is 22.7. The van der Waals surface area contributed by atoms with Crippen LogP contribution in [-0.4, -0.2) is 40.2 Å². The zero-order valence-electron chi connectivity index (χ0n) is 17.7. The molecule has 4 rings (SSSR count). The smallest absolute Gasteiger partial charge is 0.352 e. The van der Waals surface area contributed by atoms with Crippen LogP contribution < -0.4 is 5.32 Å². The van der Waals surface area contributed by atoms with E-state index in [1.807, 2.05) is 13.0 Å². The molecule has 0 aliphatic carbocycles. The highest BCUT2D eigenvalue weighted by molar-refractivity contribution is 7.09. The summed E-state index contributed by atoms with van der Waals surface area (Å²) in [5.74, 6) is -0.489. The van der Waals surface area contributed by atoms with Gasteiger partial charge in [-0.2, -0.15) is 18.3 Å². The number of nitrogens with zero attached hydrogens (tertiary/aromatic N) is 3. The van der Waals surface area contributed by atoms with Crippen molar-refractivity contribution in [1.82, 2.24) is 20.0 Å². The fraction of sp³-hybridized carbons (Fsp3) is 0.391. The molecule has 9 heteroatoms. The van der Waals surface area contributed by atoms with Gasteiger partial charge in [0.1, 0.15) is 0 Å². The molecule has 1 aliphatic rings. The van der Waals surface area contributed by atoms with Crippen LogP contribution in [0.4, 0.5) is 13.2 Å². The van der Waals surface area contributed by atoms with E-state index in [1.165, 1.54) is 4.88 Å². The van der Waals surface area contributed by atoms with Gasteiger partial charge < -0.3 is 5.32 Å². The first-order valence-corrected chi connectivity index (χ1v) is 11.4. The standard InChI is InChI=1S/C23H25F3N4OS/c1-16-4-6-18(7-5-16)30-21(23(24,25)26)20(14-28-30)22(31)27-13-17-8-10-29(11-9-17)15-19-3-2-12-32-19/h2-7,12,14,17H,8-11,13,15H2,1H3,(H,27,31). The van der Waals surface area contributed by atoms with E-state index < -0.39 is 23.3 Å². The molecule has 1 amide bonds. The van der Waals surface area contributed by atoms with Crippen molar-refractivity contribution >= 4 is 17.2 Å². The minimum atomic E-state index is -4.71. The number of hydrogen-bond donors (Lipinski definition) is 1. The van der Waals surface area contributed by atoms with Crippen LogP contribution in [0.1, 0.15) is 39.3 Å². The van der Waals surface area contributed by atoms with E-state index in [0.29, 0.717) is 6.54 Å². The Balaban J connectivity index is 1.39. The zero-order valence-corrected chi connectivity index (χ0v) is 18.5. The summed E-state index contributed by atoms with van der Waals surface area (Å²) in [5, 5.41) is 8.64. The first kappa shape index (κ1) is 22.5. The third kappa shape index (κ3) is 5.21. The van der Waals surface area contributed by atoms with Crippen LogP contribution in [0.25, 0.3) is 5.69 Å². The molecule has 0 saturated carbocycles. The Morgan fingerprint density at radius 1 is 1.19 bits per heavy atom. The molecule has 0 bridgehead atoms. The fourth-order valence-corrected chi connectivity index (χ4v) is 4.72. The molecule has 1 aromatic carbocycles. The van der Waals surface area contributed by atoms with Gasteiger partial charge in [-0.05, 0) is 62.4 Å². The maximum atomic E-state index is 13.8. The van der Waals surface area contributed by atoms with Crippen LogP contribution in [0, 0.1) is 12.8 Å². The van der Waals surface area contributed by atoms with Crippen molar-refractivity contribution in [2.75, 3.05) is 19.6 Å². The second-order valence-electron chi connectivity index (χ2n) is 8.16.